The summed E-state index contributed by atoms with van der Waals surface area (Å²) in [4.78, 5) is 17.9. The summed E-state index contributed by atoms with van der Waals surface area (Å²) in [5, 5.41) is 0. The Balaban J connectivity index is 1.08. The molecule has 2 atom stereocenters. The Morgan fingerprint density at radius 3 is 1.25 bits per heavy atom. The fourth-order valence-corrected chi connectivity index (χ4v) is 8.34. The van der Waals surface area contributed by atoms with E-state index in [0.717, 1.165) is 84.8 Å². The summed E-state index contributed by atoms with van der Waals surface area (Å²) in [6.07, 6.45) is 7.63. The number of ether oxygens (including phenoxy) is 2. The molecule has 7 aromatic rings. The van der Waals surface area contributed by atoms with Crippen molar-refractivity contribution >= 4 is 39.9 Å². The van der Waals surface area contributed by atoms with Crippen molar-refractivity contribution < 1.29 is 14.3 Å². The van der Waals surface area contributed by atoms with E-state index < -0.39 is 0 Å². The van der Waals surface area contributed by atoms with Crippen LogP contribution in [-0.4, -0.2) is 11.4 Å². The lowest BCUT2D eigenvalue weighted by molar-refractivity contribution is 0.0724. The quantitative estimate of drug-likeness (QED) is 0.0716. The van der Waals surface area contributed by atoms with E-state index in [1.165, 1.54) is 5.56 Å². The topological polar surface area (TPSA) is 42.0 Å². The van der Waals surface area contributed by atoms with Gasteiger partial charge in [-0.25, -0.2) is 0 Å². The van der Waals surface area contributed by atoms with Crippen LogP contribution in [-0.2, 0) is 5.41 Å². The Morgan fingerprint density at radius 2 is 0.841 bits per heavy atom. The number of unbranched alkanes of at least 4 members (excludes halogenated alkanes) is 1. The molecule has 322 valence electrons. The predicted molar refractivity (Wildman–Crippen MR) is 264 cm³/mol. The zero-order valence-corrected chi connectivity index (χ0v) is 37.9. The molecule has 7 aromatic carbocycles. The van der Waals surface area contributed by atoms with Crippen LogP contribution in [0.4, 0.5) is 34.1 Å². The van der Waals surface area contributed by atoms with Crippen LogP contribution in [0.3, 0.4) is 0 Å². The van der Waals surface area contributed by atoms with Gasteiger partial charge in [-0.05, 0) is 171 Å². The van der Waals surface area contributed by atoms with Gasteiger partial charge in [0.1, 0.15) is 22.8 Å². The third-order valence-electron chi connectivity index (χ3n) is 12.5. The minimum atomic E-state index is -0.181. The van der Waals surface area contributed by atoms with Crippen molar-refractivity contribution in [1.82, 2.24) is 0 Å². The Hall–Kier alpha value is -6.59. The normalized spacial score (nSPS) is 13.0. The second-order valence-electron chi connectivity index (χ2n) is 17.1. The molecular formula is C58H62N2O3. The highest BCUT2D eigenvalue weighted by Crippen LogP contribution is 2.40. The van der Waals surface area contributed by atoms with Gasteiger partial charge in [0.2, 0.25) is 0 Å². The summed E-state index contributed by atoms with van der Waals surface area (Å²) in [7, 11) is 0. The minimum Gasteiger partial charge on any atom is -0.488 e. The number of para-hydroxylation sites is 2. The molecule has 0 bridgehead atoms. The Labute approximate surface area is 376 Å². The highest BCUT2D eigenvalue weighted by molar-refractivity contribution is 6.09. The molecule has 5 heteroatoms. The molecule has 0 spiro atoms. The average molecular weight is 835 g/mol. The Bertz CT molecular complexity index is 2490. The molecule has 63 heavy (non-hydrogen) atoms. The lowest BCUT2D eigenvalue weighted by Crippen LogP contribution is -2.31. The van der Waals surface area contributed by atoms with Gasteiger partial charge in [0, 0.05) is 45.3 Å². The van der Waals surface area contributed by atoms with E-state index in [-0.39, 0.29) is 16.8 Å². The van der Waals surface area contributed by atoms with Crippen molar-refractivity contribution in [3.63, 3.8) is 0 Å². The second kappa shape index (κ2) is 20.5. The number of carbonyl (C=O) groups excluding carboxylic acids is 1. The molecule has 0 N–H and O–H groups in total. The lowest BCUT2D eigenvalue weighted by atomic mass is 9.76. The van der Waals surface area contributed by atoms with Gasteiger partial charge in [0.25, 0.3) is 0 Å². The first-order valence-corrected chi connectivity index (χ1v) is 22.8. The number of hydrogen-bond acceptors (Lipinski definition) is 5. The smallest absolute Gasteiger partial charge is 0.193 e. The van der Waals surface area contributed by atoms with E-state index in [9.17, 15) is 4.79 Å². The molecule has 0 fully saturated rings. The highest BCUT2D eigenvalue weighted by atomic mass is 16.5. The molecule has 0 aromatic heterocycles. The van der Waals surface area contributed by atoms with Crippen molar-refractivity contribution in [2.75, 3.05) is 9.80 Å². The van der Waals surface area contributed by atoms with Gasteiger partial charge in [0.05, 0.1) is 0 Å². The van der Waals surface area contributed by atoms with Crippen LogP contribution < -0.4 is 19.3 Å². The van der Waals surface area contributed by atoms with Crippen LogP contribution in [0.2, 0.25) is 0 Å². The fraction of sp³-hybridized carbons (Fsp3) is 0.259. The van der Waals surface area contributed by atoms with Crippen LogP contribution >= 0.6 is 0 Å². The van der Waals surface area contributed by atoms with E-state index in [1.807, 2.05) is 60.7 Å². The van der Waals surface area contributed by atoms with Crippen molar-refractivity contribution in [2.24, 2.45) is 0 Å². The average Bonchev–Trinajstić information content (AvgIpc) is 3.33. The van der Waals surface area contributed by atoms with Gasteiger partial charge < -0.3 is 19.3 Å². The number of benzene rings is 7. The van der Waals surface area contributed by atoms with E-state index in [4.69, 9.17) is 9.47 Å². The first-order valence-electron chi connectivity index (χ1n) is 22.8. The molecule has 7 rings (SSSR count). The second-order valence-corrected chi connectivity index (χ2v) is 17.1. The standard InChI is InChI=1S/C58H62N2O3/c1-7-11-43-58(6,10-4)63-55-40-34-52(35-41-55)60(48-20-16-13-17-21-48)50-30-28-49(29-31-50)59(47-18-14-12-15-19-47)51-32-38-54(39-33-51)62-53-36-24-45(25-37-53)56(61)44-22-26-46(27-23-44)57(5,9-3)42-8-2/h12-41H,7-11,42-43H2,1-6H3. The summed E-state index contributed by atoms with van der Waals surface area (Å²) in [6, 6.07) is 61.8. The van der Waals surface area contributed by atoms with Gasteiger partial charge in [0.15, 0.2) is 5.78 Å². The van der Waals surface area contributed by atoms with Gasteiger partial charge >= 0.3 is 0 Å². The van der Waals surface area contributed by atoms with E-state index >= 15 is 0 Å². The molecule has 5 nitrogen and oxygen atoms in total. The van der Waals surface area contributed by atoms with Gasteiger partial charge in [-0.3, -0.25) is 4.79 Å². The van der Waals surface area contributed by atoms with E-state index in [0.29, 0.717) is 22.6 Å². The summed E-state index contributed by atoms with van der Waals surface area (Å²) in [6.45, 7) is 13.4. The molecule has 0 radical (unpaired) electrons. The number of carbonyl (C=O) groups is 1. The zero-order chi connectivity index (χ0) is 44.2. The first-order chi connectivity index (χ1) is 30.7. The van der Waals surface area contributed by atoms with Crippen LogP contribution in [0.1, 0.15) is 108 Å². The van der Waals surface area contributed by atoms with Crippen LogP contribution in [0, 0.1) is 0 Å². The third-order valence-corrected chi connectivity index (χ3v) is 12.5. The van der Waals surface area contributed by atoms with Crippen molar-refractivity contribution in [2.45, 2.75) is 97.5 Å². The largest absolute Gasteiger partial charge is 0.488 e. The van der Waals surface area contributed by atoms with Crippen LogP contribution in [0.5, 0.6) is 17.2 Å². The maximum atomic E-state index is 13.4. The first kappa shape index (κ1) is 44.5. The highest BCUT2D eigenvalue weighted by Gasteiger charge is 2.25. The molecule has 0 saturated heterocycles. The summed E-state index contributed by atoms with van der Waals surface area (Å²) >= 11 is 0. The van der Waals surface area contributed by atoms with Gasteiger partial charge in [-0.15, -0.1) is 0 Å². The summed E-state index contributed by atoms with van der Waals surface area (Å²) < 4.78 is 12.9. The maximum Gasteiger partial charge on any atom is 0.193 e. The SMILES string of the molecule is CCCCC(C)(CC)Oc1ccc(N(c2ccccc2)c2ccc(N(c3ccccc3)c3ccc(Oc4ccc(C(=O)c5ccc(C(C)(CC)CCC)cc5)cc4)cc3)cc2)cc1. The predicted octanol–water partition coefficient (Wildman–Crippen LogP) is 16.9. The van der Waals surface area contributed by atoms with Crippen molar-refractivity contribution in [3.05, 3.63) is 199 Å². The molecule has 2 unspecified atom stereocenters. The number of rotatable bonds is 20. The van der Waals surface area contributed by atoms with Crippen LogP contribution in [0.15, 0.2) is 182 Å². The Kier molecular flexibility index (Phi) is 14.5. The van der Waals surface area contributed by atoms with Gasteiger partial charge in [-0.1, -0.05) is 108 Å². The zero-order valence-electron chi connectivity index (χ0n) is 37.9. The minimum absolute atomic E-state index is 0.00445. The maximum absolute atomic E-state index is 13.4. The molecular weight excluding hydrogens is 773 g/mol. The summed E-state index contributed by atoms with van der Waals surface area (Å²) in [5.74, 6) is 2.27. The molecule has 0 heterocycles. The monoisotopic (exact) mass is 834 g/mol. The van der Waals surface area contributed by atoms with Crippen LogP contribution in [0.25, 0.3) is 0 Å². The fourth-order valence-electron chi connectivity index (χ4n) is 8.34. The number of ketones is 1. The number of anilines is 6. The van der Waals surface area contributed by atoms with Gasteiger partial charge in [-0.2, -0.15) is 0 Å². The van der Waals surface area contributed by atoms with E-state index in [2.05, 4.69) is 173 Å². The molecule has 0 aliphatic rings. The molecule has 0 aliphatic carbocycles. The molecule has 0 saturated carbocycles. The number of hydrogen-bond donors (Lipinski definition) is 0. The molecule has 0 aliphatic heterocycles. The summed E-state index contributed by atoms with van der Waals surface area (Å²) in [5.41, 5.74) is 8.79. The van der Waals surface area contributed by atoms with E-state index in [1.54, 1.807) is 0 Å². The van der Waals surface area contributed by atoms with Crippen molar-refractivity contribution in [3.8, 4) is 17.2 Å². The lowest BCUT2D eigenvalue weighted by Gasteiger charge is -2.31. The third kappa shape index (κ3) is 10.7. The number of nitrogens with zero attached hydrogens (tertiary/aromatic N) is 2. The Morgan fingerprint density at radius 1 is 0.444 bits per heavy atom. The van der Waals surface area contributed by atoms with Crippen molar-refractivity contribution in [1.29, 1.82) is 0 Å². The molecule has 0 amide bonds.